The molecule has 0 amide bonds. The van der Waals surface area contributed by atoms with Gasteiger partial charge < -0.3 is 14.1 Å². The molecule has 0 radical (unpaired) electrons. The van der Waals surface area contributed by atoms with Crippen LogP contribution in [0.3, 0.4) is 0 Å². The van der Waals surface area contributed by atoms with Gasteiger partial charge in [0.1, 0.15) is 17.6 Å². The minimum atomic E-state index is -0.544. The van der Waals surface area contributed by atoms with Crippen molar-refractivity contribution in [2.75, 3.05) is 25.1 Å². The molecule has 0 N–H and O–H groups in total. The summed E-state index contributed by atoms with van der Waals surface area (Å²) < 4.78 is 11.1. The topological polar surface area (TPSA) is 66.5 Å². The fourth-order valence-electron chi connectivity index (χ4n) is 4.05. The number of hydrogen-bond donors (Lipinski definition) is 0. The molecule has 0 atom stereocenters. The molecule has 1 aliphatic carbocycles. The van der Waals surface area contributed by atoms with Crippen LogP contribution in [0.4, 0.5) is 5.69 Å². The Balaban J connectivity index is 1.97. The first kappa shape index (κ1) is 15.8. The van der Waals surface area contributed by atoms with Gasteiger partial charge in [-0.15, -0.1) is 0 Å². The molecule has 128 valence electrons. The molecule has 0 bridgehead atoms. The van der Waals surface area contributed by atoms with Crippen LogP contribution in [0.1, 0.15) is 36.0 Å². The van der Waals surface area contributed by atoms with Crippen molar-refractivity contribution in [1.29, 1.82) is 5.26 Å². The Bertz CT molecular complexity index is 918. The maximum Gasteiger partial charge on any atom is 0.356 e. The Morgan fingerprint density at radius 1 is 1.16 bits per heavy atom. The van der Waals surface area contributed by atoms with Gasteiger partial charge >= 0.3 is 5.63 Å². The van der Waals surface area contributed by atoms with Crippen LogP contribution < -0.4 is 15.3 Å². The highest BCUT2D eigenvalue weighted by Gasteiger charge is 2.30. The molecule has 5 heteroatoms. The predicted molar refractivity (Wildman–Crippen MR) is 95.2 cm³/mol. The van der Waals surface area contributed by atoms with Crippen LogP contribution in [0.5, 0.6) is 5.75 Å². The van der Waals surface area contributed by atoms with E-state index >= 15 is 0 Å². The van der Waals surface area contributed by atoms with Crippen LogP contribution in [0.25, 0.3) is 11.3 Å². The molecule has 0 unspecified atom stereocenters. The second-order valence-corrected chi connectivity index (χ2v) is 6.57. The van der Waals surface area contributed by atoms with Gasteiger partial charge in [-0.25, -0.2) is 4.79 Å². The van der Waals surface area contributed by atoms with E-state index in [4.69, 9.17) is 9.15 Å². The lowest BCUT2D eigenvalue weighted by Gasteiger charge is -2.33. The smallest absolute Gasteiger partial charge is 0.356 e. The largest absolute Gasteiger partial charge is 0.496 e. The van der Waals surface area contributed by atoms with Gasteiger partial charge in [-0.05, 0) is 38.2 Å². The van der Waals surface area contributed by atoms with Gasteiger partial charge in [0.15, 0.2) is 5.56 Å². The summed E-state index contributed by atoms with van der Waals surface area (Å²) in [6, 6.07) is 7.88. The zero-order valence-electron chi connectivity index (χ0n) is 14.3. The van der Waals surface area contributed by atoms with Crippen LogP contribution in [0.2, 0.25) is 0 Å². The van der Waals surface area contributed by atoms with E-state index in [1.54, 1.807) is 7.11 Å². The maximum absolute atomic E-state index is 12.5. The lowest BCUT2D eigenvalue weighted by Crippen LogP contribution is -2.33. The molecule has 0 spiro atoms. The van der Waals surface area contributed by atoms with Crippen LogP contribution >= 0.6 is 0 Å². The Hall–Kier alpha value is -2.74. The van der Waals surface area contributed by atoms with Gasteiger partial charge in [0.2, 0.25) is 0 Å². The van der Waals surface area contributed by atoms with Crippen molar-refractivity contribution in [3.05, 3.63) is 45.3 Å². The van der Waals surface area contributed by atoms with E-state index in [9.17, 15) is 10.1 Å². The second kappa shape index (κ2) is 6.29. The van der Waals surface area contributed by atoms with E-state index in [0.29, 0.717) is 5.76 Å². The molecule has 5 nitrogen and oxygen atoms in total. The molecule has 1 fully saturated rings. The Labute approximate surface area is 146 Å². The van der Waals surface area contributed by atoms with Gasteiger partial charge in [-0.2, -0.15) is 5.26 Å². The zero-order chi connectivity index (χ0) is 17.4. The summed E-state index contributed by atoms with van der Waals surface area (Å²) in [5.41, 5.74) is 3.35. The molecule has 0 saturated carbocycles. The molecule has 1 aromatic heterocycles. The highest BCUT2D eigenvalue weighted by atomic mass is 16.5. The summed E-state index contributed by atoms with van der Waals surface area (Å²) in [6.07, 6.45) is 4.93. The molecule has 4 rings (SSSR count). The highest BCUT2D eigenvalue weighted by molar-refractivity contribution is 5.78. The lowest BCUT2D eigenvalue weighted by atomic mass is 9.87. The van der Waals surface area contributed by atoms with Crippen molar-refractivity contribution >= 4 is 5.69 Å². The first-order valence-corrected chi connectivity index (χ1v) is 8.76. The Morgan fingerprint density at radius 3 is 2.64 bits per heavy atom. The number of ether oxygens (including phenoxy) is 1. The minimum Gasteiger partial charge on any atom is -0.496 e. The molecule has 2 aliphatic rings. The molecule has 1 aliphatic heterocycles. The standard InChI is InChI=1S/C20H20N2O3/c1-24-17-7-5-6-14-13(17)8-9-15-18(22-10-3-2-4-11-22)16(12-21)20(23)25-19(14)15/h5-7H,2-4,8-11H2,1H3. The summed E-state index contributed by atoms with van der Waals surface area (Å²) in [6.45, 7) is 1.77. The average Bonchev–Trinajstić information content (AvgIpc) is 2.67. The Morgan fingerprint density at radius 2 is 1.92 bits per heavy atom. The van der Waals surface area contributed by atoms with E-state index in [-0.39, 0.29) is 5.56 Å². The number of fused-ring (bicyclic) bond motifs is 3. The van der Waals surface area contributed by atoms with E-state index < -0.39 is 5.63 Å². The van der Waals surface area contributed by atoms with Crippen molar-refractivity contribution in [3.63, 3.8) is 0 Å². The third kappa shape index (κ3) is 2.49. The maximum atomic E-state index is 12.5. The number of nitrogens with zero attached hydrogens (tertiary/aromatic N) is 2. The minimum absolute atomic E-state index is 0.145. The summed E-state index contributed by atoms with van der Waals surface area (Å²) in [5.74, 6) is 1.42. The van der Waals surface area contributed by atoms with Gasteiger partial charge in [0.05, 0.1) is 12.8 Å². The summed E-state index contributed by atoms with van der Waals surface area (Å²) in [5, 5.41) is 9.55. The average molecular weight is 336 g/mol. The SMILES string of the molecule is COc1cccc2c1CCc1c-2oc(=O)c(C#N)c1N1CCCCC1. The summed E-state index contributed by atoms with van der Waals surface area (Å²) >= 11 is 0. The fourth-order valence-corrected chi connectivity index (χ4v) is 4.05. The van der Waals surface area contributed by atoms with Gasteiger partial charge in [-0.1, -0.05) is 12.1 Å². The molecule has 1 aromatic carbocycles. The number of benzene rings is 1. The number of nitriles is 1. The third-order valence-electron chi connectivity index (χ3n) is 5.20. The van der Waals surface area contributed by atoms with Crippen LogP contribution in [0, 0.1) is 11.3 Å². The van der Waals surface area contributed by atoms with Crippen molar-refractivity contribution < 1.29 is 9.15 Å². The fraction of sp³-hybridized carbons (Fsp3) is 0.400. The summed E-state index contributed by atoms with van der Waals surface area (Å²) in [7, 11) is 1.65. The number of rotatable bonds is 2. The first-order valence-electron chi connectivity index (χ1n) is 8.76. The van der Waals surface area contributed by atoms with Crippen molar-refractivity contribution in [2.45, 2.75) is 32.1 Å². The summed E-state index contributed by atoms with van der Waals surface area (Å²) in [4.78, 5) is 14.7. The van der Waals surface area contributed by atoms with E-state index in [0.717, 1.165) is 66.9 Å². The van der Waals surface area contributed by atoms with Gasteiger partial charge in [0, 0.05) is 29.8 Å². The van der Waals surface area contributed by atoms with E-state index in [1.807, 2.05) is 18.2 Å². The number of hydrogen-bond acceptors (Lipinski definition) is 5. The molecular weight excluding hydrogens is 316 g/mol. The van der Waals surface area contributed by atoms with Crippen molar-refractivity contribution in [1.82, 2.24) is 0 Å². The lowest BCUT2D eigenvalue weighted by molar-refractivity contribution is 0.408. The highest BCUT2D eigenvalue weighted by Crippen LogP contribution is 2.42. The van der Waals surface area contributed by atoms with Crippen LogP contribution in [-0.4, -0.2) is 20.2 Å². The number of piperidine rings is 1. The second-order valence-electron chi connectivity index (χ2n) is 6.57. The van der Waals surface area contributed by atoms with Crippen molar-refractivity contribution in [3.8, 4) is 23.1 Å². The normalized spacial score (nSPS) is 15.9. The monoisotopic (exact) mass is 336 g/mol. The zero-order valence-corrected chi connectivity index (χ0v) is 14.3. The van der Waals surface area contributed by atoms with Crippen molar-refractivity contribution in [2.24, 2.45) is 0 Å². The third-order valence-corrected chi connectivity index (χ3v) is 5.20. The Kier molecular flexibility index (Phi) is 3.96. The molecular formula is C20H20N2O3. The van der Waals surface area contributed by atoms with E-state index in [1.165, 1.54) is 6.42 Å². The molecule has 25 heavy (non-hydrogen) atoms. The molecule has 1 saturated heterocycles. The van der Waals surface area contributed by atoms with E-state index in [2.05, 4.69) is 11.0 Å². The molecule has 2 heterocycles. The van der Waals surface area contributed by atoms with Gasteiger partial charge in [-0.3, -0.25) is 0 Å². The van der Waals surface area contributed by atoms with Gasteiger partial charge in [0.25, 0.3) is 0 Å². The van der Waals surface area contributed by atoms with Crippen LogP contribution in [-0.2, 0) is 12.8 Å². The quantitative estimate of drug-likeness (QED) is 0.842. The number of methoxy groups -OCH3 is 1. The molecule has 2 aromatic rings. The first-order chi connectivity index (χ1) is 12.2. The van der Waals surface area contributed by atoms with Crippen LogP contribution in [0.15, 0.2) is 27.4 Å². The number of anilines is 1. The predicted octanol–water partition coefficient (Wildman–Crippen LogP) is 3.28.